The number of benzene rings is 1. The van der Waals surface area contributed by atoms with Crippen molar-refractivity contribution in [2.24, 2.45) is 10.7 Å². The number of aromatic amines is 2. The lowest BCUT2D eigenvalue weighted by atomic mass is 10.2. The Labute approximate surface area is 126 Å². The summed E-state index contributed by atoms with van der Waals surface area (Å²) in [6, 6.07) is 9.13. The molecule has 0 atom stereocenters. The third-order valence-corrected chi connectivity index (χ3v) is 3.14. The molecule has 1 amide bonds. The van der Waals surface area contributed by atoms with Crippen molar-refractivity contribution in [3.63, 3.8) is 0 Å². The maximum Gasteiger partial charge on any atom is 0.274 e. The van der Waals surface area contributed by atoms with E-state index in [0.29, 0.717) is 17.2 Å². The summed E-state index contributed by atoms with van der Waals surface area (Å²) >= 11 is 0. The number of aromatic nitrogens is 2. The lowest BCUT2D eigenvalue weighted by Gasteiger charge is -2.04. The molecule has 22 heavy (non-hydrogen) atoms. The minimum atomic E-state index is -0.355. The van der Waals surface area contributed by atoms with Gasteiger partial charge in [0, 0.05) is 24.8 Å². The van der Waals surface area contributed by atoms with E-state index in [9.17, 15) is 4.79 Å². The second-order valence-electron chi connectivity index (χ2n) is 4.62. The number of nitrogens with two attached hydrogens (primary N) is 1. The molecule has 0 fully saturated rings. The zero-order valence-corrected chi connectivity index (χ0v) is 11.9. The van der Waals surface area contributed by atoms with E-state index >= 15 is 0 Å². The van der Waals surface area contributed by atoms with Crippen LogP contribution in [0, 0.1) is 0 Å². The SMILES string of the molecule is CN=C(N)NC(=O)c1cc2cccc(Oc3cc[nH]c3)c2[nH]1. The Bertz CT molecular complexity index is 833. The minimum absolute atomic E-state index is 0.0625. The molecule has 0 bridgehead atoms. The van der Waals surface area contributed by atoms with Crippen molar-refractivity contribution >= 4 is 22.8 Å². The van der Waals surface area contributed by atoms with Gasteiger partial charge in [0.15, 0.2) is 11.7 Å². The number of ether oxygens (including phenoxy) is 1. The first-order valence-corrected chi connectivity index (χ1v) is 6.63. The number of carbonyl (C=O) groups is 1. The summed E-state index contributed by atoms with van der Waals surface area (Å²) in [4.78, 5) is 21.7. The van der Waals surface area contributed by atoms with Gasteiger partial charge in [-0.25, -0.2) is 0 Å². The van der Waals surface area contributed by atoms with Gasteiger partial charge in [-0.3, -0.25) is 15.1 Å². The zero-order valence-electron chi connectivity index (χ0n) is 11.9. The molecular formula is C15H15N5O2. The summed E-state index contributed by atoms with van der Waals surface area (Å²) in [5.41, 5.74) is 6.62. The van der Waals surface area contributed by atoms with Crippen LogP contribution >= 0.6 is 0 Å². The van der Waals surface area contributed by atoms with Crippen LogP contribution in [0.4, 0.5) is 0 Å². The summed E-state index contributed by atoms with van der Waals surface area (Å²) in [6.45, 7) is 0. The molecule has 0 unspecified atom stereocenters. The minimum Gasteiger partial charge on any atom is -0.454 e. The maximum absolute atomic E-state index is 12.1. The van der Waals surface area contributed by atoms with E-state index in [1.54, 1.807) is 18.5 Å². The normalized spacial score (nSPS) is 11.6. The molecule has 7 heteroatoms. The molecule has 0 spiro atoms. The summed E-state index contributed by atoms with van der Waals surface area (Å²) in [5, 5.41) is 3.35. The highest BCUT2D eigenvalue weighted by molar-refractivity contribution is 6.07. The number of para-hydroxylation sites is 1. The molecule has 3 rings (SSSR count). The van der Waals surface area contributed by atoms with E-state index in [1.807, 2.05) is 24.3 Å². The van der Waals surface area contributed by atoms with E-state index in [4.69, 9.17) is 10.5 Å². The smallest absolute Gasteiger partial charge is 0.274 e. The van der Waals surface area contributed by atoms with Crippen molar-refractivity contribution in [2.45, 2.75) is 0 Å². The first kappa shape index (κ1) is 13.7. The lowest BCUT2D eigenvalue weighted by Crippen LogP contribution is -2.36. The molecule has 2 heterocycles. The van der Waals surface area contributed by atoms with Crippen LogP contribution in [-0.2, 0) is 0 Å². The predicted octanol–water partition coefficient (Wildman–Crippen LogP) is 1.96. The molecule has 0 aliphatic carbocycles. The third kappa shape index (κ3) is 2.64. The number of guanidine groups is 1. The number of H-pyrrole nitrogens is 2. The number of nitrogens with one attached hydrogen (secondary N) is 3. The van der Waals surface area contributed by atoms with Crippen molar-refractivity contribution in [2.75, 3.05) is 7.05 Å². The van der Waals surface area contributed by atoms with Gasteiger partial charge in [0.1, 0.15) is 11.4 Å². The topological polar surface area (TPSA) is 108 Å². The lowest BCUT2D eigenvalue weighted by molar-refractivity contribution is 0.0972. The number of amides is 1. The number of carbonyl (C=O) groups excluding carboxylic acids is 1. The average Bonchev–Trinajstić information content (AvgIpc) is 3.16. The Morgan fingerprint density at radius 3 is 2.95 bits per heavy atom. The standard InChI is InChI=1S/C15H15N5O2/c1-17-15(16)20-14(21)11-7-9-3-2-4-12(13(9)19-11)22-10-5-6-18-8-10/h2-8,18-19H,1H3,(H3,16,17,20,21). The van der Waals surface area contributed by atoms with E-state index in [0.717, 1.165) is 10.9 Å². The average molecular weight is 297 g/mol. The van der Waals surface area contributed by atoms with Gasteiger partial charge in [0.25, 0.3) is 5.91 Å². The molecule has 3 aromatic rings. The van der Waals surface area contributed by atoms with E-state index in [1.165, 1.54) is 7.05 Å². The molecule has 0 saturated heterocycles. The highest BCUT2D eigenvalue weighted by Crippen LogP contribution is 2.29. The maximum atomic E-state index is 12.1. The molecule has 0 radical (unpaired) electrons. The van der Waals surface area contributed by atoms with Crippen molar-refractivity contribution in [3.05, 3.63) is 48.4 Å². The van der Waals surface area contributed by atoms with Gasteiger partial charge in [-0.05, 0) is 18.2 Å². The molecule has 0 aliphatic heterocycles. The van der Waals surface area contributed by atoms with Gasteiger partial charge in [-0.15, -0.1) is 0 Å². The van der Waals surface area contributed by atoms with Crippen LogP contribution in [0.1, 0.15) is 10.5 Å². The second kappa shape index (κ2) is 5.65. The Morgan fingerprint density at radius 2 is 2.23 bits per heavy atom. The Kier molecular flexibility index (Phi) is 3.53. The summed E-state index contributed by atoms with van der Waals surface area (Å²) in [7, 11) is 1.50. The molecule has 7 nitrogen and oxygen atoms in total. The van der Waals surface area contributed by atoms with Crippen LogP contribution in [0.15, 0.2) is 47.7 Å². The third-order valence-electron chi connectivity index (χ3n) is 3.14. The molecule has 5 N–H and O–H groups in total. The Hall–Kier alpha value is -3.22. The summed E-state index contributed by atoms with van der Waals surface area (Å²) in [5.74, 6) is 1.03. The number of aliphatic imine (C=N–C) groups is 1. The van der Waals surface area contributed by atoms with Crippen LogP contribution in [0.2, 0.25) is 0 Å². The Balaban J connectivity index is 1.94. The van der Waals surface area contributed by atoms with Crippen LogP contribution < -0.4 is 15.8 Å². The Morgan fingerprint density at radius 1 is 1.36 bits per heavy atom. The number of hydrogen-bond acceptors (Lipinski definition) is 3. The van der Waals surface area contributed by atoms with Crippen LogP contribution in [0.5, 0.6) is 11.5 Å². The van der Waals surface area contributed by atoms with E-state index in [2.05, 4.69) is 20.3 Å². The van der Waals surface area contributed by atoms with Crippen molar-refractivity contribution in [3.8, 4) is 11.5 Å². The van der Waals surface area contributed by atoms with E-state index in [-0.39, 0.29) is 11.9 Å². The molecule has 2 aromatic heterocycles. The van der Waals surface area contributed by atoms with Gasteiger partial charge in [0.05, 0.1) is 5.52 Å². The van der Waals surface area contributed by atoms with Gasteiger partial charge in [-0.2, -0.15) is 0 Å². The largest absolute Gasteiger partial charge is 0.454 e. The number of hydrogen-bond donors (Lipinski definition) is 4. The first-order chi connectivity index (χ1) is 10.7. The molecule has 0 aliphatic rings. The summed E-state index contributed by atoms with van der Waals surface area (Å²) < 4.78 is 5.78. The fourth-order valence-corrected chi connectivity index (χ4v) is 2.07. The fraction of sp³-hybridized carbons (Fsp3) is 0.0667. The van der Waals surface area contributed by atoms with Gasteiger partial charge in [0.2, 0.25) is 0 Å². The molecular weight excluding hydrogens is 282 g/mol. The van der Waals surface area contributed by atoms with Crippen molar-refractivity contribution in [1.82, 2.24) is 15.3 Å². The molecule has 1 aromatic carbocycles. The highest BCUT2D eigenvalue weighted by Gasteiger charge is 2.13. The highest BCUT2D eigenvalue weighted by atomic mass is 16.5. The zero-order chi connectivity index (χ0) is 15.5. The first-order valence-electron chi connectivity index (χ1n) is 6.63. The summed E-state index contributed by atoms with van der Waals surface area (Å²) in [6.07, 6.45) is 3.52. The van der Waals surface area contributed by atoms with Crippen LogP contribution in [0.25, 0.3) is 10.9 Å². The number of nitrogens with zero attached hydrogens (tertiary/aromatic N) is 1. The second-order valence-corrected chi connectivity index (χ2v) is 4.62. The number of fused-ring (bicyclic) bond motifs is 1. The fourth-order valence-electron chi connectivity index (χ4n) is 2.07. The number of rotatable bonds is 3. The molecule has 0 saturated carbocycles. The van der Waals surface area contributed by atoms with Gasteiger partial charge in [-0.1, -0.05) is 12.1 Å². The van der Waals surface area contributed by atoms with Gasteiger partial charge >= 0.3 is 0 Å². The van der Waals surface area contributed by atoms with Gasteiger partial charge < -0.3 is 20.4 Å². The van der Waals surface area contributed by atoms with Crippen LogP contribution in [-0.4, -0.2) is 28.9 Å². The predicted molar refractivity (Wildman–Crippen MR) is 84.2 cm³/mol. The molecule has 112 valence electrons. The van der Waals surface area contributed by atoms with Crippen molar-refractivity contribution in [1.29, 1.82) is 0 Å². The monoisotopic (exact) mass is 297 g/mol. The quantitative estimate of drug-likeness (QED) is 0.438. The van der Waals surface area contributed by atoms with E-state index < -0.39 is 0 Å². The van der Waals surface area contributed by atoms with Crippen molar-refractivity contribution < 1.29 is 9.53 Å². The van der Waals surface area contributed by atoms with Crippen LogP contribution in [0.3, 0.4) is 0 Å².